The van der Waals surface area contributed by atoms with E-state index in [1.54, 1.807) is 6.07 Å². The van der Waals surface area contributed by atoms with Crippen LogP contribution in [-0.2, 0) is 11.2 Å². The van der Waals surface area contributed by atoms with Gasteiger partial charge in [0, 0.05) is 42.5 Å². The molecular formula is C26H23NO3. The zero-order valence-electron chi connectivity index (χ0n) is 16.7. The Hall–Kier alpha value is -3.40. The number of rotatable bonds is 4. The van der Waals surface area contributed by atoms with Gasteiger partial charge in [-0.05, 0) is 29.3 Å². The van der Waals surface area contributed by atoms with Gasteiger partial charge in [-0.1, -0.05) is 60.7 Å². The van der Waals surface area contributed by atoms with Crippen molar-refractivity contribution in [2.75, 3.05) is 19.7 Å². The molecule has 0 aliphatic carbocycles. The lowest BCUT2D eigenvalue weighted by molar-refractivity contribution is -0.121. The third-order valence-electron chi connectivity index (χ3n) is 6.07. The van der Waals surface area contributed by atoms with Gasteiger partial charge in [0.05, 0.1) is 0 Å². The van der Waals surface area contributed by atoms with Gasteiger partial charge >= 0.3 is 0 Å². The summed E-state index contributed by atoms with van der Waals surface area (Å²) in [6, 6.07) is 26.5. The highest BCUT2D eigenvalue weighted by Gasteiger charge is 2.38. The standard InChI is InChI=1S/C26H23NO3/c28-23-14-21-13-20(11-12-24(21)30-17-23)26(29)27-15-22(16-27)25(18-7-3-1-4-8-18)19-9-5-2-6-10-19/h1-13,22,25H,14-17H2. The lowest BCUT2D eigenvalue weighted by Crippen LogP contribution is -2.52. The summed E-state index contributed by atoms with van der Waals surface area (Å²) >= 11 is 0. The van der Waals surface area contributed by atoms with Crippen molar-refractivity contribution in [3.63, 3.8) is 0 Å². The van der Waals surface area contributed by atoms with Crippen molar-refractivity contribution in [1.82, 2.24) is 4.90 Å². The molecule has 150 valence electrons. The molecular weight excluding hydrogens is 374 g/mol. The van der Waals surface area contributed by atoms with Gasteiger partial charge in [-0.25, -0.2) is 0 Å². The van der Waals surface area contributed by atoms with E-state index in [0.29, 0.717) is 23.7 Å². The second kappa shape index (κ2) is 7.79. The van der Waals surface area contributed by atoms with Crippen LogP contribution in [0.25, 0.3) is 0 Å². The average Bonchev–Trinajstić information content (AvgIpc) is 2.76. The van der Waals surface area contributed by atoms with Crippen molar-refractivity contribution in [2.45, 2.75) is 12.3 Å². The number of benzene rings is 3. The number of carbonyl (C=O) groups excluding carboxylic acids is 2. The molecule has 4 heteroatoms. The first kappa shape index (κ1) is 18.6. The molecule has 1 saturated heterocycles. The Morgan fingerprint density at radius 1 is 0.900 bits per heavy atom. The number of likely N-dealkylation sites (tertiary alicyclic amines) is 1. The third kappa shape index (κ3) is 3.50. The molecule has 5 rings (SSSR count). The number of carbonyl (C=O) groups is 2. The Morgan fingerprint density at radius 2 is 1.53 bits per heavy atom. The maximum atomic E-state index is 13.0. The van der Waals surface area contributed by atoms with Crippen LogP contribution in [0.5, 0.6) is 5.75 Å². The highest BCUT2D eigenvalue weighted by atomic mass is 16.5. The van der Waals surface area contributed by atoms with E-state index in [2.05, 4.69) is 48.5 Å². The molecule has 0 unspecified atom stereocenters. The summed E-state index contributed by atoms with van der Waals surface area (Å²) < 4.78 is 5.44. The number of fused-ring (bicyclic) bond motifs is 1. The van der Waals surface area contributed by atoms with Gasteiger partial charge in [0.15, 0.2) is 5.78 Å². The molecule has 2 aliphatic heterocycles. The number of hydrogen-bond donors (Lipinski definition) is 0. The molecule has 0 bridgehead atoms. The van der Waals surface area contributed by atoms with Gasteiger partial charge in [-0.2, -0.15) is 0 Å². The van der Waals surface area contributed by atoms with Crippen LogP contribution in [0, 0.1) is 5.92 Å². The smallest absolute Gasteiger partial charge is 0.253 e. The third-order valence-corrected chi connectivity index (χ3v) is 6.07. The van der Waals surface area contributed by atoms with E-state index in [0.717, 1.165) is 18.7 Å². The normalized spacial score (nSPS) is 16.0. The van der Waals surface area contributed by atoms with Crippen molar-refractivity contribution in [2.24, 2.45) is 5.92 Å². The zero-order chi connectivity index (χ0) is 20.5. The number of Topliss-reactive ketones (excluding diaryl/α,β-unsaturated/α-hetero) is 1. The first-order chi connectivity index (χ1) is 14.7. The molecule has 3 aromatic rings. The maximum absolute atomic E-state index is 13.0. The van der Waals surface area contributed by atoms with Gasteiger partial charge in [0.25, 0.3) is 5.91 Å². The second-order valence-corrected chi connectivity index (χ2v) is 8.10. The quantitative estimate of drug-likeness (QED) is 0.666. The monoisotopic (exact) mass is 397 g/mol. The van der Waals surface area contributed by atoms with E-state index in [1.807, 2.05) is 29.2 Å². The first-order valence-corrected chi connectivity index (χ1v) is 10.4. The summed E-state index contributed by atoms with van der Waals surface area (Å²) in [5.41, 5.74) is 4.00. The molecule has 1 fully saturated rings. The molecule has 2 aliphatic rings. The Kier molecular flexibility index (Phi) is 4.83. The number of ketones is 1. The van der Waals surface area contributed by atoms with Crippen molar-refractivity contribution in [3.8, 4) is 5.75 Å². The lowest BCUT2D eigenvalue weighted by atomic mass is 9.76. The minimum absolute atomic E-state index is 0.0203. The predicted octanol–water partition coefficient (Wildman–Crippen LogP) is 4.09. The first-order valence-electron chi connectivity index (χ1n) is 10.4. The van der Waals surface area contributed by atoms with Crippen LogP contribution in [0.2, 0.25) is 0 Å². The molecule has 4 nitrogen and oxygen atoms in total. The molecule has 1 amide bonds. The van der Waals surface area contributed by atoms with Crippen molar-refractivity contribution < 1.29 is 14.3 Å². The second-order valence-electron chi connectivity index (χ2n) is 8.10. The molecule has 0 atom stereocenters. The van der Waals surface area contributed by atoms with Crippen LogP contribution in [0.1, 0.15) is 33.0 Å². The van der Waals surface area contributed by atoms with E-state index in [4.69, 9.17) is 4.74 Å². The van der Waals surface area contributed by atoms with E-state index in [1.165, 1.54) is 11.1 Å². The zero-order valence-corrected chi connectivity index (χ0v) is 16.7. The number of hydrogen-bond acceptors (Lipinski definition) is 3. The van der Waals surface area contributed by atoms with Crippen LogP contribution in [-0.4, -0.2) is 36.3 Å². The van der Waals surface area contributed by atoms with Gasteiger partial charge in [-0.15, -0.1) is 0 Å². The van der Waals surface area contributed by atoms with Crippen LogP contribution >= 0.6 is 0 Å². The van der Waals surface area contributed by atoms with Crippen LogP contribution in [0.4, 0.5) is 0 Å². The van der Waals surface area contributed by atoms with Crippen molar-refractivity contribution >= 4 is 11.7 Å². The van der Waals surface area contributed by atoms with Gasteiger partial charge in [-0.3, -0.25) is 9.59 Å². The fraction of sp³-hybridized carbons (Fsp3) is 0.231. The average molecular weight is 397 g/mol. The van der Waals surface area contributed by atoms with E-state index in [-0.39, 0.29) is 24.2 Å². The van der Waals surface area contributed by atoms with E-state index in [9.17, 15) is 9.59 Å². The van der Waals surface area contributed by atoms with Crippen LogP contribution in [0.15, 0.2) is 78.9 Å². The molecule has 0 radical (unpaired) electrons. The highest BCUT2D eigenvalue weighted by molar-refractivity contribution is 5.96. The van der Waals surface area contributed by atoms with E-state index >= 15 is 0 Å². The number of amides is 1. The van der Waals surface area contributed by atoms with E-state index < -0.39 is 0 Å². The minimum atomic E-state index is 0.0203. The summed E-state index contributed by atoms with van der Waals surface area (Å²) in [6.45, 7) is 1.56. The van der Waals surface area contributed by atoms with Crippen molar-refractivity contribution in [3.05, 3.63) is 101 Å². The largest absolute Gasteiger partial charge is 0.486 e. The fourth-order valence-corrected chi connectivity index (χ4v) is 4.54. The summed E-state index contributed by atoms with van der Waals surface area (Å²) in [6.07, 6.45) is 0.336. The van der Waals surface area contributed by atoms with Crippen LogP contribution in [0.3, 0.4) is 0 Å². The van der Waals surface area contributed by atoms with Crippen molar-refractivity contribution in [1.29, 1.82) is 0 Å². The Labute approximate surface area is 176 Å². The molecule has 3 aromatic carbocycles. The molecule has 2 heterocycles. The van der Waals surface area contributed by atoms with Gasteiger partial charge in [0.2, 0.25) is 0 Å². The van der Waals surface area contributed by atoms with Gasteiger partial charge < -0.3 is 9.64 Å². The number of ether oxygens (including phenoxy) is 1. The molecule has 0 N–H and O–H groups in total. The fourth-order valence-electron chi connectivity index (χ4n) is 4.54. The minimum Gasteiger partial charge on any atom is -0.486 e. The maximum Gasteiger partial charge on any atom is 0.253 e. The lowest BCUT2D eigenvalue weighted by Gasteiger charge is -2.44. The molecule has 0 aromatic heterocycles. The number of nitrogens with zero attached hydrogens (tertiary/aromatic N) is 1. The summed E-state index contributed by atoms with van der Waals surface area (Å²) in [4.78, 5) is 26.6. The topological polar surface area (TPSA) is 46.6 Å². The Balaban J connectivity index is 1.34. The summed E-state index contributed by atoms with van der Waals surface area (Å²) in [7, 11) is 0. The highest BCUT2D eigenvalue weighted by Crippen LogP contribution is 2.38. The Morgan fingerprint density at radius 3 is 2.17 bits per heavy atom. The summed E-state index contributed by atoms with van der Waals surface area (Å²) in [5.74, 6) is 1.42. The summed E-state index contributed by atoms with van der Waals surface area (Å²) in [5, 5.41) is 0. The SMILES string of the molecule is O=C1COc2ccc(C(=O)N3CC(C(c4ccccc4)c4ccccc4)C3)cc2C1. The molecule has 30 heavy (non-hydrogen) atoms. The van der Waals surface area contributed by atoms with Gasteiger partial charge in [0.1, 0.15) is 12.4 Å². The Bertz CT molecular complexity index is 1030. The molecule has 0 saturated carbocycles. The predicted molar refractivity (Wildman–Crippen MR) is 115 cm³/mol. The molecule has 0 spiro atoms. The van der Waals surface area contributed by atoms with Crippen LogP contribution < -0.4 is 4.74 Å².